The molecule has 0 aliphatic heterocycles. The van der Waals surface area contributed by atoms with Crippen LogP contribution in [0.3, 0.4) is 0 Å². The number of carbonyl (C=O) groups excluding carboxylic acids is 4. The van der Waals surface area contributed by atoms with Crippen LogP contribution in [0.2, 0.25) is 0 Å². The molecule has 0 aromatic heterocycles. The minimum absolute atomic E-state index is 0.107. The molecule has 0 heterocycles. The number of ether oxygens (including phenoxy) is 4. The molecule has 98 heavy (non-hydrogen) atoms. The molecule has 2 unspecified atom stereocenters. The third-order valence-corrected chi connectivity index (χ3v) is 20.3. The van der Waals surface area contributed by atoms with Crippen LogP contribution in [-0.4, -0.2) is 96.7 Å². The van der Waals surface area contributed by atoms with Crippen LogP contribution in [0.15, 0.2) is 0 Å². The van der Waals surface area contributed by atoms with Gasteiger partial charge in [-0.1, -0.05) is 357 Å². The number of aliphatic hydroxyl groups is 1. The number of aliphatic hydroxyl groups excluding tert-OH is 1. The lowest BCUT2D eigenvalue weighted by molar-refractivity contribution is -0.161. The molecule has 0 amide bonds. The van der Waals surface area contributed by atoms with E-state index in [1.165, 1.54) is 218 Å². The summed E-state index contributed by atoms with van der Waals surface area (Å²) in [5.41, 5.74) is 0. The van der Waals surface area contributed by atoms with E-state index in [1.807, 2.05) is 0 Å². The van der Waals surface area contributed by atoms with E-state index in [1.54, 1.807) is 0 Å². The third-order valence-electron chi connectivity index (χ3n) is 18.4. The highest BCUT2D eigenvalue weighted by Crippen LogP contribution is 2.45. The lowest BCUT2D eigenvalue weighted by Crippen LogP contribution is -2.30. The standard InChI is InChI=1S/C79H154O17P2/c1-8-9-10-11-12-13-14-19-27-32-41-48-55-62-78(83)96-75(67-90-77(82)61-54-47-40-35-34-38-45-52-59-72(6)7)69-94-98(87,88)92-65-73(80)64-91-97(85,86)93-68-74(66-89-76(81)60-53-46-39-31-26-23-22-25-30-37-44-51-58-71(4)5)95-79(84)63-56-49-42-33-28-21-18-16-15-17-20-24-29-36-43-50-57-70(2)3/h70-75,80H,8-69H2,1-7H3,(H,85,86)(H,87,88)/t73-,74-,75-/m1/s1. The predicted molar refractivity (Wildman–Crippen MR) is 400 cm³/mol. The number of phosphoric ester groups is 2. The summed E-state index contributed by atoms with van der Waals surface area (Å²) in [5.74, 6) is 0.205. The van der Waals surface area contributed by atoms with Crippen molar-refractivity contribution in [3.05, 3.63) is 0 Å². The fourth-order valence-corrected chi connectivity index (χ4v) is 13.7. The fraction of sp³-hybridized carbons (Fsp3) is 0.949. The predicted octanol–water partition coefficient (Wildman–Crippen LogP) is 23.4. The van der Waals surface area contributed by atoms with E-state index in [-0.39, 0.29) is 25.7 Å². The van der Waals surface area contributed by atoms with Crippen LogP contribution in [0, 0.1) is 17.8 Å². The van der Waals surface area contributed by atoms with Crippen LogP contribution in [0.4, 0.5) is 0 Å². The molecular weight excluding hydrogens is 1280 g/mol. The van der Waals surface area contributed by atoms with Gasteiger partial charge < -0.3 is 33.8 Å². The van der Waals surface area contributed by atoms with E-state index < -0.39 is 97.5 Å². The van der Waals surface area contributed by atoms with Crippen LogP contribution in [-0.2, 0) is 65.4 Å². The topological polar surface area (TPSA) is 237 Å². The summed E-state index contributed by atoms with van der Waals surface area (Å²) in [6, 6.07) is 0. The Bertz CT molecular complexity index is 1900. The van der Waals surface area contributed by atoms with Crippen molar-refractivity contribution in [2.24, 2.45) is 17.8 Å². The van der Waals surface area contributed by atoms with E-state index in [9.17, 15) is 43.2 Å². The van der Waals surface area contributed by atoms with Gasteiger partial charge in [-0.05, 0) is 43.4 Å². The number of phosphoric acid groups is 2. The molecule has 0 aliphatic rings. The van der Waals surface area contributed by atoms with Gasteiger partial charge in [0, 0.05) is 25.7 Å². The van der Waals surface area contributed by atoms with Crippen molar-refractivity contribution in [1.29, 1.82) is 0 Å². The maximum absolute atomic E-state index is 13.1. The average Bonchev–Trinajstić information content (AvgIpc) is 1.01. The van der Waals surface area contributed by atoms with Crippen LogP contribution in [0.5, 0.6) is 0 Å². The van der Waals surface area contributed by atoms with Gasteiger partial charge in [-0.3, -0.25) is 37.3 Å². The maximum Gasteiger partial charge on any atom is 0.472 e. The molecule has 0 saturated carbocycles. The van der Waals surface area contributed by atoms with Gasteiger partial charge in [0.05, 0.1) is 26.4 Å². The molecule has 0 fully saturated rings. The zero-order chi connectivity index (χ0) is 72.3. The third kappa shape index (κ3) is 72.4. The smallest absolute Gasteiger partial charge is 0.462 e. The van der Waals surface area contributed by atoms with Crippen LogP contribution in [0.1, 0.15) is 408 Å². The number of carbonyl (C=O) groups is 4. The lowest BCUT2D eigenvalue weighted by Gasteiger charge is -2.21. The second-order valence-corrected chi connectivity index (χ2v) is 32.8. The molecule has 0 aliphatic carbocycles. The molecule has 0 aromatic rings. The molecule has 0 aromatic carbocycles. The Morgan fingerprint density at radius 1 is 0.276 bits per heavy atom. The zero-order valence-corrected chi connectivity index (χ0v) is 66.0. The van der Waals surface area contributed by atoms with Crippen molar-refractivity contribution in [1.82, 2.24) is 0 Å². The lowest BCUT2D eigenvalue weighted by atomic mass is 10.0. The summed E-state index contributed by atoms with van der Waals surface area (Å²) < 4.78 is 68.6. The fourth-order valence-electron chi connectivity index (χ4n) is 12.1. The molecule has 17 nitrogen and oxygen atoms in total. The van der Waals surface area contributed by atoms with Crippen molar-refractivity contribution >= 4 is 39.5 Å². The highest BCUT2D eigenvalue weighted by molar-refractivity contribution is 7.47. The van der Waals surface area contributed by atoms with Crippen molar-refractivity contribution < 1.29 is 80.2 Å². The van der Waals surface area contributed by atoms with E-state index in [2.05, 4.69) is 48.5 Å². The van der Waals surface area contributed by atoms with Gasteiger partial charge in [-0.2, -0.15) is 0 Å². The molecular formula is C79H154O17P2. The molecule has 0 bridgehead atoms. The average molecular weight is 1440 g/mol. The first-order valence-electron chi connectivity index (χ1n) is 40.8. The summed E-state index contributed by atoms with van der Waals surface area (Å²) in [4.78, 5) is 72.9. The van der Waals surface area contributed by atoms with Gasteiger partial charge in [-0.15, -0.1) is 0 Å². The Balaban J connectivity index is 5.25. The molecule has 0 radical (unpaired) electrons. The summed E-state index contributed by atoms with van der Waals surface area (Å²) in [6.07, 6.45) is 56.8. The van der Waals surface area contributed by atoms with E-state index in [0.717, 1.165) is 108 Å². The molecule has 19 heteroatoms. The van der Waals surface area contributed by atoms with Crippen molar-refractivity contribution in [2.45, 2.75) is 426 Å². The highest BCUT2D eigenvalue weighted by atomic mass is 31.2. The maximum atomic E-state index is 13.1. The second-order valence-electron chi connectivity index (χ2n) is 29.9. The molecule has 0 rings (SSSR count). The summed E-state index contributed by atoms with van der Waals surface area (Å²) in [5, 5.41) is 10.6. The molecule has 0 saturated heterocycles. The number of esters is 4. The van der Waals surface area contributed by atoms with Gasteiger partial charge in [0.25, 0.3) is 0 Å². The minimum Gasteiger partial charge on any atom is -0.462 e. The number of hydrogen-bond acceptors (Lipinski definition) is 15. The van der Waals surface area contributed by atoms with Gasteiger partial charge in [-0.25, -0.2) is 9.13 Å². The number of rotatable bonds is 77. The first-order valence-corrected chi connectivity index (χ1v) is 43.8. The Morgan fingerprint density at radius 2 is 0.469 bits per heavy atom. The molecule has 3 N–H and O–H groups in total. The number of unbranched alkanes of at least 4 members (excludes halogenated alkanes) is 45. The van der Waals surface area contributed by atoms with E-state index >= 15 is 0 Å². The molecule has 0 spiro atoms. The Hall–Kier alpha value is -1.94. The quantitative estimate of drug-likeness (QED) is 0.0222. The van der Waals surface area contributed by atoms with Crippen molar-refractivity contribution in [3.63, 3.8) is 0 Å². The van der Waals surface area contributed by atoms with Gasteiger partial charge in [0.1, 0.15) is 19.3 Å². The van der Waals surface area contributed by atoms with E-state index in [4.69, 9.17) is 37.0 Å². The van der Waals surface area contributed by atoms with Crippen LogP contribution in [0.25, 0.3) is 0 Å². The molecule has 5 atom stereocenters. The first kappa shape index (κ1) is 96.1. The monoisotopic (exact) mass is 1440 g/mol. The Kier molecular flexibility index (Phi) is 68.1. The highest BCUT2D eigenvalue weighted by Gasteiger charge is 2.30. The Labute approximate surface area is 600 Å². The largest absolute Gasteiger partial charge is 0.472 e. The SMILES string of the molecule is CCCCCCCCCCCCCCCC(=O)O[C@H](COC(=O)CCCCCCCCCCC(C)C)COP(=O)(O)OC[C@H](O)COP(=O)(O)OC[C@@H](COC(=O)CCCCCCCCCCCCCCC(C)C)OC(=O)CCCCCCCCCCCCCCCCCCC(C)C. The zero-order valence-electron chi connectivity index (χ0n) is 64.3. The second kappa shape index (κ2) is 69.4. The van der Waals surface area contributed by atoms with Crippen LogP contribution >= 0.6 is 15.6 Å². The normalized spacial score (nSPS) is 14.0. The first-order chi connectivity index (χ1) is 47.2. The van der Waals surface area contributed by atoms with Crippen LogP contribution < -0.4 is 0 Å². The number of hydrogen-bond donors (Lipinski definition) is 3. The van der Waals surface area contributed by atoms with Gasteiger partial charge in [0.2, 0.25) is 0 Å². The molecule has 582 valence electrons. The van der Waals surface area contributed by atoms with Crippen molar-refractivity contribution in [3.8, 4) is 0 Å². The summed E-state index contributed by atoms with van der Waals surface area (Å²) in [7, 11) is -9.92. The van der Waals surface area contributed by atoms with Gasteiger partial charge in [0.15, 0.2) is 12.2 Å². The Morgan fingerprint density at radius 3 is 0.694 bits per heavy atom. The summed E-state index contributed by atoms with van der Waals surface area (Å²) >= 11 is 0. The van der Waals surface area contributed by atoms with Gasteiger partial charge >= 0.3 is 39.5 Å². The summed E-state index contributed by atoms with van der Waals surface area (Å²) in [6.45, 7) is 11.9. The van der Waals surface area contributed by atoms with Crippen molar-refractivity contribution in [2.75, 3.05) is 39.6 Å². The minimum atomic E-state index is -4.96. The van der Waals surface area contributed by atoms with E-state index in [0.29, 0.717) is 25.7 Å².